The van der Waals surface area contributed by atoms with Gasteiger partial charge in [-0.05, 0) is 41.7 Å². The second-order valence-corrected chi connectivity index (χ2v) is 8.73. The zero-order chi connectivity index (χ0) is 18.4. The van der Waals surface area contributed by atoms with E-state index in [1.165, 1.54) is 32.1 Å². The monoisotopic (exact) mass is 374 g/mol. The Bertz CT molecular complexity index is 858. The van der Waals surface area contributed by atoms with E-state index in [-0.39, 0.29) is 23.8 Å². The van der Waals surface area contributed by atoms with Gasteiger partial charge in [0.1, 0.15) is 0 Å². The van der Waals surface area contributed by atoms with Crippen molar-refractivity contribution in [1.29, 1.82) is 0 Å². The highest BCUT2D eigenvalue weighted by Crippen LogP contribution is 2.22. The predicted octanol–water partition coefficient (Wildman–Crippen LogP) is 3.20. The molecule has 1 aliphatic carbocycles. The number of rotatable bonds is 7. The van der Waals surface area contributed by atoms with Gasteiger partial charge in [0.15, 0.2) is 0 Å². The lowest BCUT2D eigenvalue weighted by atomic mass is 9.89. The predicted molar refractivity (Wildman–Crippen MR) is 103 cm³/mol. The number of fused-ring (bicyclic) bond motifs is 1. The molecule has 0 atom stereocenters. The summed E-state index contributed by atoms with van der Waals surface area (Å²) in [6.07, 6.45) is 6.28. The van der Waals surface area contributed by atoms with E-state index in [1.807, 2.05) is 24.3 Å². The van der Waals surface area contributed by atoms with Crippen molar-refractivity contribution in [3.05, 3.63) is 42.5 Å². The highest BCUT2D eigenvalue weighted by Gasteiger charge is 2.16. The smallest absolute Gasteiger partial charge is 0.240 e. The molecule has 2 aromatic rings. The molecule has 6 heteroatoms. The Morgan fingerprint density at radius 1 is 1.00 bits per heavy atom. The molecule has 1 amide bonds. The zero-order valence-electron chi connectivity index (χ0n) is 14.9. The molecule has 0 aliphatic heterocycles. The van der Waals surface area contributed by atoms with E-state index in [4.69, 9.17) is 0 Å². The maximum absolute atomic E-state index is 12.4. The van der Waals surface area contributed by atoms with Crippen molar-refractivity contribution in [3.8, 4) is 0 Å². The average molecular weight is 375 g/mol. The summed E-state index contributed by atoms with van der Waals surface area (Å²) >= 11 is 0. The van der Waals surface area contributed by atoms with Gasteiger partial charge in [-0.15, -0.1) is 0 Å². The van der Waals surface area contributed by atoms with Gasteiger partial charge in [-0.25, -0.2) is 13.1 Å². The van der Waals surface area contributed by atoms with E-state index in [2.05, 4.69) is 10.0 Å². The number of sulfonamides is 1. The maximum Gasteiger partial charge on any atom is 0.240 e. The minimum Gasteiger partial charge on any atom is -0.356 e. The van der Waals surface area contributed by atoms with Crippen LogP contribution >= 0.6 is 0 Å². The van der Waals surface area contributed by atoms with Crippen LogP contribution < -0.4 is 10.0 Å². The Morgan fingerprint density at radius 2 is 1.73 bits per heavy atom. The molecule has 2 N–H and O–H groups in total. The molecule has 5 nitrogen and oxygen atoms in total. The first-order valence-electron chi connectivity index (χ1n) is 9.30. The van der Waals surface area contributed by atoms with Crippen LogP contribution in [0.3, 0.4) is 0 Å². The molecule has 0 aromatic heterocycles. The highest BCUT2D eigenvalue weighted by atomic mass is 32.2. The molecule has 26 heavy (non-hydrogen) atoms. The summed E-state index contributed by atoms with van der Waals surface area (Å²) in [6, 6.07) is 12.7. The lowest BCUT2D eigenvalue weighted by Crippen LogP contribution is -2.33. The van der Waals surface area contributed by atoms with Gasteiger partial charge in [0.25, 0.3) is 0 Å². The largest absolute Gasteiger partial charge is 0.356 e. The SMILES string of the molecule is O=C(CCNS(=O)(=O)c1ccc2ccccc2c1)NCC1CCCCC1. The fraction of sp³-hybridized carbons (Fsp3) is 0.450. The fourth-order valence-corrected chi connectivity index (χ4v) is 4.52. The Hall–Kier alpha value is -1.92. The van der Waals surface area contributed by atoms with E-state index in [9.17, 15) is 13.2 Å². The zero-order valence-corrected chi connectivity index (χ0v) is 15.7. The van der Waals surface area contributed by atoms with E-state index < -0.39 is 10.0 Å². The molecule has 1 saturated carbocycles. The Kier molecular flexibility index (Phi) is 6.27. The quantitative estimate of drug-likeness (QED) is 0.781. The Morgan fingerprint density at radius 3 is 2.50 bits per heavy atom. The first-order valence-corrected chi connectivity index (χ1v) is 10.8. The lowest BCUT2D eigenvalue weighted by Gasteiger charge is -2.21. The minimum absolute atomic E-state index is 0.100. The van der Waals surface area contributed by atoms with E-state index in [1.54, 1.807) is 18.2 Å². The minimum atomic E-state index is -3.61. The van der Waals surface area contributed by atoms with Crippen LogP contribution in [0.15, 0.2) is 47.4 Å². The standard InChI is InChI=1S/C20H26N2O3S/c23-20(21-15-16-6-2-1-3-7-16)12-13-22-26(24,25)19-11-10-17-8-4-5-9-18(17)14-19/h4-5,8-11,14,16,22H,1-3,6-7,12-13,15H2,(H,21,23). The molecule has 0 saturated heterocycles. The topological polar surface area (TPSA) is 75.3 Å². The van der Waals surface area contributed by atoms with Gasteiger partial charge >= 0.3 is 0 Å². The number of nitrogens with one attached hydrogen (secondary N) is 2. The number of amides is 1. The Balaban J connectivity index is 1.48. The maximum atomic E-state index is 12.4. The second-order valence-electron chi connectivity index (χ2n) is 6.96. The molecule has 0 unspecified atom stereocenters. The van der Waals surface area contributed by atoms with Crippen molar-refractivity contribution < 1.29 is 13.2 Å². The fourth-order valence-electron chi connectivity index (χ4n) is 3.45. The third-order valence-corrected chi connectivity index (χ3v) is 6.45. The van der Waals surface area contributed by atoms with Gasteiger partial charge in [-0.1, -0.05) is 49.6 Å². The van der Waals surface area contributed by atoms with Gasteiger partial charge in [0.05, 0.1) is 4.90 Å². The van der Waals surface area contributed by atoms with Gasteiger partial charge in [-0.2, -0.15) is 0 Å². The van der Waals surface area contributed by atoms with E-state index in [0.717, 1.165) is 10.8 Å². The van der Waals surface area contributed by atoms with Crippen LogP contribution in [-0.4, -0.2) is 27.4 Å². The summed E-state index contributed by atoms with van der Waals surface area (Å²) in [6.45, 7) is 0.807. The summed E-state index contributed by atoms with van der Waals surface area (Å²) in [5.74, 6) is 0.471. The molecule has 0 heterocycles. The molecule has 1 fully saturated rings. The summed E-state index contributed by atoms with van der Waals surface area (Å²) in [4.78, 5) is 12.2. The molecular formula is C20H26N2O3S. The molecular weight excluding hydrogens is 348 g/mol. The number of carbonyl (C=O) groups excluding carboxylic acids is 1. The van der Waals surface area contributed by atoms with E-state index in [0.29, 0.717) is 12.5 Å². The van der Waals surface area contributed by atoms with Crippen LogP contribution in [0.5, 0.6) is 0 Å². The summed E-state index contributed by atoms with van der Waals surface area (Å²) < 4.78 is 27.4. The first kappa shape index (κ1) is 18.9. The van der Waals surface area contributed by atoms with Crippen LogP contribution in [0.1, 0.15) is 38.5 Å². The first-order chi connectivity index (χ1) is 12.5. The third-order valence-electron chi connectivity index (χ3n) is 4.99. The number of benzene rings is 2. The van der Waals surface area contributed by atoms with Gasteiger partial charge < -0.3 is 5.32 Å². The summed E-state index contributed by atoms with van der Waals surface area (Å²) in [5, 5.41) is 4.80. The molecule has 1 aliphatic rings. The molecule has 3 rings (SSSR count). The summed E-state index contributed by atoms with van der Waals surface area (Å²) in [7, 11) is -3.61. The van der Waals surface area contributed by atoms with Gasteiger partial charge in [0, 0.05) is 19.5 Å². The van der Waals surface area contributed by atoms with Gasteiger partial charge in [-0.3, -0.25) is 4.79 Å². The van der Waals surface area contributed by atoms with Crippen molar-refractivity contribution in [2.24, 2.45) is 5.92 Å². The molecule has 0 bridgehead atoms. The van der Waals surface area contributed by atoms with Crippen molar-refractivity contribution in [2.45, 2.75) is 43.4 Å². The van der Waals surface area contributed by atoms with Crippen LogP contribution in [0, 0.1) is 5.92 Å². The Labute approximate surface area is 155 Å². The molecule has 140 valence electrons. The normalized spacial score (nSPS) is 15.8. The number of hydrogen-bond acceptors (Lipinski definition) is 3. The highest BCUT2D eigenvalue weighted by molar-refractivity contribution is 7.89. The van der Waals surface area contributed by atoms with Crippen molar-refractivity contribution in [1.82, 2.24) is 10.0 Å². The molecule has 0 spiro atoms. The lowest BCUT2D eigenvalue weighted by molar-refractivity contribution is -0.121. The third kappa shape index (κ3) is 5.05. The van der Waals surface area contributed by atoms with Gasteiger partial charge in [0.2, 0.25) is 15.9 Å². The molecule has 2 aromatic carbocycles. The van der Waals surface area contributed by atoms with Crippen molar-refractivity contribution >= 4 is 26.7 Å². The van der Waals surface area contributed by atoms with Crippen molar-refractivity contribution in [2.75, 3.05) is 13.1 Å². The second kappa shape index (κ2) is 8.64. The van der Waals surface area contributed by atoms with Crippen LogP contribution in [0.25, 0.3) is 10.8 Å². The van der Waals surface area contributed by atoms with Crippen LogP contribution in [0.2, 0.25) is 0 Å². The van der Waals surface area contributed by atoms with Crippen LogP contribution in [-0.2, 0) is 14.8 Å². The van der Waals surface area contributed by atoms with E-state index >= 15 is 0 Å². The summed E-state index contributed by atoms with van der Waals surface area (Å²) in [5.41, 5.74) is 0. The average Bonchev–Trinajstić information content (AvgIpc) is 2.66. The molecule has 0 radical (unpaired) electrons. The number of hydrogen-bond donors (Lipinski definition) is 2. The number of carbonyl (C=O) groups is 1. The van der Waals surface area contributed by atoms with Crippen molar-refractivity contribution in [3.63, 3.8) is 0 Å². The van der Waals surface area contributed by atoms with Crippen LogP contribution in [0.4, 0.5) is 0 Å².